The molecular formula is C27H25Cl2N3O4. The lowest BCUT2D eigenvalue weighted by atomic mass is 9.96. The first-order valence-electron chi connectivity index (χ1n) is 11.4. The van der Waals surface area contributed by atoms with Crippen molar-refractivity contribution in [3.8, 4) is 17.0 Å². The highest BCUT2D eigenvalue weighted by Crippen LogP contribution is 2.35. The van der Waals surface area contributed by atoms with Gasteiger partial charge in [0.1, 0.15) is 5.75 Å². The van der Waals surface area contributed by atoms with Gasteiger partial charge in [-0.1, -0.05) is 41.4 Å². The van der Waals surface area contributed by atoms with Gasteiger partial charge >= 0.3 is 5.97 Å². The number of benzene rings is 2. The molecule has 2 aromatic carbocycles. The number of carbonyl (C=O) groups excluding carboxylic acids is 1. The lowest BCUT2D eigenvalue weighted by molar-refractivity contribution is -0.136. The highest BCUT2D eigenvalue weighted by atomic mass is 35.5. The van der Waals surface area contributed by atoms with Gasteiger partial charge in [-0.15, -0.1) is 0 Å². The molecule has 0 saturated carbocycles. The quantitative estimate of drug-likeness (QED) is 0.382. The molecule has 1 amide bonds. The SMILES string of the molecule is COc1ccc(-c2cc(C3C=C(Cl)C=C(Cl)C3)nn2Cc2ccc(C(=O)NCCC(=O)O)cc2)cc1. The molecule has 0 aliphatic heterocycles. The molecule has 1 unspecified atom stereocenters. The van der Waals surface area contributed by atoms with Gasteiger partial charge in [0.2, 0.25) is 0 Å². The van der Waals surface area contributed by atoms with Gasteiger partial charge in [-0.3, -0.25) is 14.3 Å². The number of carboxylic acid groups (broad SMARTS) is 1. The Morgan fingerprint density at radius 1 is 1.14 bits per heavy atom. The van der Waals surface area contributed by atoms with E-state index in [1.165, 1.54) is 0 Å². The van der Waals surface area contributed by atoms with E-state index < -0.39 is 5.97 Å². The second kappa shape index (κ2) is 11.5. The van der Waals surface area contributed by atoms with Crippen molar-refractivity contribution in [3.63, 3.8) is 0 Å². The lowest BCUT2D eigenvalue weighted by Gasteiger charge is -2.14. The van der Waals surface area contributed by atoms with E-state index >= 15 is 0 Å². The molecule has 2 N–H and O–H groups in total. The average Bonchev–Trinajstić information content (AvgIpc) is 3.27. The molecule has 186 valence electrons. The molecule has 0 radical (unpaired) electrons. The number of carboxylic acids is 1. The summed E-state index contributed by atoms with van der Waals surface area (Å²) in [7, 11) is 1.63. The third-order valence-corrected chi connectivity index (χ3v) is 6.31. The third-order valence-electron chi connectivity index (χ3n) is 5.81. The van der Waals surface area contributed by atoms with E-state index in [4.69, 9.17) is 38.1 Å². The third kappa shape index (κ3) is 6.36. The first kappa shape index (κ1) is 25.5. The second-order valence-electron chi connectivity index (χ2n) is 8.39. The monoisotopic (exact) mass is 525 g/mol. The van der Waals surface area contributed by atoms with Gasteiger partial charge in [-0.25, -0.2) is 0 Å². The summed E-state index contributed by atoms with van der Waals surface area (Å²) in [5.74, 6) is -0.540. The van der Waals surface area contributed by atoms with Crippen molar-refractivity contribution in [2.75, 3.05) is 13.7 Å². The molecule has 36 heavy (non-hydrogen) atoms. The highest BCUT2D eigenvalue weighted by molar-refractivity contribution is 6.35. The number of methoxy groups -OCH3 is 1. The molecular weight excluding hydrogens is 501 g/mol. The van der Waals surface area contributed by atoms with Gasteiger partial charge < -0.3 is 15.2 Å². The molecule has 3 aromatic rings. The van der Waals surface area contributed by atoms with E-state index in [9.17, 15) is 9.59 Å². The molecule has 9 heteroatoms. The summed E-state index contributed by atoms with van der Waals surface area (Å²) in [6, 6.07) is 17.0. The number of carbonyl (C=O) groups is 2. The lowest BCUT2D eigenvalue weighted by Crippen LogP contribution is -2.25. The maximum absolute atomic E-state index is 12.3. The van der Waals surface area contributed by atoms with Crippen molar-refractivity contribution in [3.05, 3.63) is 93.6 Å². The van der Waals surface area contributed by atoms with Crippen LogP contribution in [0, 0.1) is 0 Å². The van der Waals surface area contributed by atoms with Crippen molar-refractivity contribution >= 4 is 35.1 Å². The van der Waals surface area contributed by atoms with E-state index in [1.54, 1.807) is 25.3 Å². The Morgan fingerprint density at radius 2 is 1.86 bits per heavy atom. The van der Waals surface area contributed by atoms with Crippen LogP contribution in [0.3, 0.4) is 0 Å². The van der Waals surface area contributed by atoms with Gasteiger partial charge in [-0.05, 0) is 60.5 Å². The second-order valence-corrected chi connectivity index (χ2v) is 9.31. The van der Waals surface area contributed by atoms with Crippen LogP contribution in [0.4, 0.5) is 0 Å². The molecule has 1 aliphatic carbocycles. The van der Waals surface area contributed by atoms with Crippen LogP contribution in [-0.2, 0) is 11.3 Å². The Labute approximate surface area is 219 Å². The molecule has 0 saturated heterocycles. The summed E-state index contributed by atoms with van der Waals surface area (Å²) >= 11 is 12.6. The smallest absolute Gasteiger partial charge is 0.305 e. The number of rotatable bonds is 9. The zero-order chi connectivity index (χ0) is 25.7. The normalized spacial score (nSPS) is 15.1. The van der Waals surface area contributed by atoms with Crippen molar-refractivity contribution in [1.82, 2.24) is 15.1 Å². The fourth-order valence-corrected chi connectivity index (χ4v) is 4.58. The van der Waals surface area contributed by atoms with E-state index in [2.05, 4.69) is 5.32 Å². The molecule has 1 heterocycles. The van der Waals surface area contributed by atoms with Crippen molar-refractivity contribution < 1.29 is 19.4 Å². The van der Waals surface area contributed by atoms with Crippen LogP contribution in [0.1, 0.15) is 40.4 Å². The topological polar surface area (TPSA) is 93.5 Å². The van der Waals surface area contributed by atoms with Crippen molar-refractivity contribution in [2.24, 2.45) is 0 Å². The average molecular weight is 526 g/mol. The zero-order valence-corrected chi connectivity index (χ0v) is 21.1. The number of nitrogens with one attached hydrogen (secondary N) is 1. The van der Waals surface area contributed by atoms with Crippen molar-refractivity contribution in [2.45, 2.75) is 25.3 Å². The number of hydrogen-bond acceptors (Lipinski definition) is 4. The van der Waals surface area contributed by atoms with Crippen LogP contribution in [-0.4, -0.2) is 40.4 Å². The first-order chi connectivity index (χ1) is 17.3. The summed E-state index contributed by atoms with van der Waals surface area (Å²) < 4.78 is 7.22. The fourth-order valence-electron chi connectivity index (χ4n) is 3.96. The summed E-state index contributed by atoms with van der Waals surface area (Å²) in [4.78, 5) is 22.9. The van der Waals surface area contributed by atoms with Gasteiger partial charge in [0, 0.05) is 33.7 Å². The zero-order valence-electron chi connectivity index (χ0n) is 19.6. The summed E-state index contributed by atoms with van der Waals surface area (Å²) in [5.41, 5.74) is 4.19. The predicted octanol–water partition coefficient (Wildman–Crippen LogP) is 5.54. The maximum Gasteiger partial charge on any atom is 0.305 e. The standard InChI is InChI=1S/C27H25Cl2N3O4/c1-36-23-8-6-18(7-9-23)25-15-24(20-12-21(28)14-22(29)13-20)31-32(25)16-17-2-4-19(5-3-17)27(35)30-11-10-26(33)34/h2-9,12,14-15,20H,10-11,13,16H2,1H3,(H,30,35)(H,33,34). The number of halogens is 2. The largest absolute Gasteiger partial charge is 0.497 e. The molecule has 7 nitrogen and oxygen atoms in total. The van der Waals surface area contributed by atoms with Crippen molar-refractivity contribution in [1.29, 1.82) is 0 Å². The molecule has 4 rings (SSSR count). The van der Waals surface area contributed by atoms with Gasteiger partial charge in [-0.2, -0.15) is 5.10 Å². The molecule has 0 bridgehead atoms. The number of nitrogens with zero attached hydrogens (tertiary/aromatic N) is 2. The number of aromatic nitrogens is 2. The first-order valence-corrected chi connectivity index (χ1v) is 12.1. The summed E-state index contributed by atoms with van der Waals surface area (Å²) in [5, 5.41) is 17.5. The van der Waals surface area contributed by atoms with E-state index in [-0.39, 0.29) is 24.8 Å². The van der Waals surface area contributed by atoms with Crippen LogP contribution in [0.15, 0.2) is 76.8 Å². The van der Waals surface area contributed by atoms with Crippen LogP contribution in [0.25, 0.3) is 11.3 Å². The molecule has 0 spiro atoms. The summed E-state index contributed by atoms with van der Waals surface area (Å²) in [6.07, 6.45) is 4.21. The Hall–Kier alpha value is -3.55. The maximum atomic E-state index is 12.3. The predicted molar refractivity (Wildman–Crippen MR) is 140 cm³/mol. The summed E-state index contributed by atoms with van der Waals surface area (Å²) in [6.45, 7) is 0.562. The highest BCUT2D eigenvalue weighted by Gasteiger charge is 2.21. The molecule has 0 fully saturated rings. The number of aliphatic carboxylic acids is 1. The van der Waals surface area contributed by atoms with Crippen LogP contribution in [0.2, 0.25) is 0 Å². The molecule has 1 aliphatic rings. The Balaban J connectivity index is 1.59. The van der Waals surface area contributed by atoms with Crippen LogP contribution >= 0.6 is 23.2 Å². The number of allylic oxidation sites excluding steroid dienone is 4. The van der Waals surface area contributed by atoms with Gasteiger partial charge in [0.15, 0.2) is 0 Å². The fraction of sp³-hybridized carbons (Fsp3) is 0.222. The number of hydrogen-bond donors (Lipinski definition) is 2. The van der Waals surface area contributed by atoms with Crippen LogP contribution in [0.5, 0.6) is 5.75 Å². The van der Waals surface area contributed by atoms with E-state index in [1.807, 2.05) is 53.2 Å². The van der Waals surface area contributed by atoms with E-state index in [0.29, 0.717) is 28.6 Å². The minimum atomic E-state index is -0.957. The van der Waals surface area contributed by atoms with E-state index in [0.717, 1.165) is 28.3 Å². The van der Waals surface area contributed by atoms with Gasteiger partial charge in [0.25, 0.3) is 5.91 Å². The van der Waals surface area contributed by atoms with Gasteiger partial charge in [0.05, 0.1) is 31.5 Å². The minimum absolute atomic E-state index is 0.0369. The molecule has 1 aromatic heterocycles. The Morgan fingerprint density at radius 3 is 2.50 bits per heavy atom. The van der Waals surface area contributed by atoms with Crippen LogP contribution < -0.4 is 10.1 Å². The molecule has 1 atom stereocenters. The number of ether oxygens (including phenoxy) is 1. The Bertz CT molecular complexity index is 1310. The Kier molecular flexibility index (Phi) is 8.13. The minimum Gasteiger partial charge on any atom is -0.497 e. The number of amides is 1.